The van der Waals surface area contributed by atoms with Crippen molar-refractivity contribution in [1.29, 1.82) is 0 Å². The van der Waals surface area contributed by atoms with E-state index in [4.69, 9.17) is 4.74 Å². The molecule has 132 valence electrons. The van der Waals surface area contributed by atoms with Gasteiger partial charge in [0.2, 0.25) is 0 Å². The molecule has 0 fully saturated rings. The average Bonchev–Trinajstić information content (AvgIpc) is 2.52. The van der Waals surface area contributed by atoms with Gasteiger partial charge in [-0.05, 0) is 50.7 Å². The number of benzene rings is 1. The fourth-order valence-electron chi connectivity index (χ4n) is 3.21. The fourth-order valence-corrected chi connectivity index (χ4v) is 3.21. The molecule has 0 amide bonds. The standard InChI is InChI=1S/C19H26O5/c1-13-8-9-14(12-20)6-4-2-3-5-7-15-10-16(21)11-17(22)18(15)19(23)24-13/h10-14,21-22H,2-9H2,1H3. The van der Waals surface area contributed by atoms with Gasteiger partial charge in [-0.1, -0.05) is 19.3 Å². The molecule has 1 aromatic carbocycles. The first-order valence-corrected chi connectivity index (χ1v) is 8.72. The molecule has 2 rings (SSSR count). The normalized spacial score (nSPS) is 23.6. The van der Waals surface area contributed by atoms with E-state index in [-0.39, 0.29) is 29.1 Å². The quantitative estimate of drug-likeness (QED) is 0.604. The van der Waals surface area contributed by atoms with Crippen molar-refractivity contribution in [2.45, 2.75) is 64.4 Å². The van der Waals surface area contributed by atoms with E-state index in [1.807, 2.05) is 0 Å². The van der Waals surface area contributed by atoms with Crippen LogP contribution in [0.3, 0.4) is 0 Å². The van der Waals surface area contributed by atoms with Gasteiger partial charge < -0.3 is 19.7 Å². The van der Waals surface area contributed by atoms with Gasteiger partial charge in [0.25, 0.3) is 0 Å². The molecule has 0 spiro atoms. The van der Waals surface area contributed by atoms with Crippen LogP contribution in [0.15, 0.2) is 12.1 Å². The van der Waals surface area contributed by atoms with Crippen molar-refractivity contribution in [3.05, 3.63) is 23.3 Å². The highest BCUT2D eigenvalue weighted by molar-refractivity contribution is 5.94. The summed E-state index contributed by atoms with van der Waals surface area (Å²) in [5.41, 5.74) is 0.760. The Balaban J connectivity index is 2.21. The summed E-state index contributed by atoms with van der Waals surface area (Å²) in [5.74, 6) is -0.858. The van der Waals surface area contributed by atoms with Crippen LogP contribution in [0.4, 0.5) is 0 Å². The highest BCUT2D eigenvalue weighted by atomic mass is 16.5. The first-order chi connectivity index (χ1) is 11.5. The largest absolute Gasteiger partial charge is 0.508 e. The molecular formula is C19H26O5. The molecule has 2 N–H and O–H groups in total. The van der Waals surface area contributed by atoms with E-state index in [1.165, 1.54) is 6.07 Å². The Labute approximate surface area is 142 Å². The second-order valence-corrected chi connectivity index (χ2v) is 6.64. The van der Waals surface area contributed by atoms with Crippen molar-refractivity contribution >= 4 is 12.3 Å². The van der Waals surface area contributed by atoms with Crippen molar-refractivity contribution in [1.82, 2.24) is 0 Å². The number of fused-ring (bicyclic) bond motifs is 1. The van der Waals surface area contributed by atoms with Gasteiger partial charge in [-0.2, -0.15) is 0 Å². The minimum absolute atomic E-state index is 0.0201. The number of aromatic hydroxyl groups is 2. The maximum absolute atomic E-state index is 12.4. The van der Waals surface area contributed by atoms with E-state index in [0.29, 0.717) is 24.8 Å². The first kappa shape index (κ1) is 18.3. The molecule has 24 heavy (non-hydrogen) atoms. The summed E-state index contributed by atoms with van der Waals surface area (Å²) in [6, 6.07) is 2.69. The number of ether oxygens (including phenoxy) is 1. The molecule has 0 saturated heterocycles. The highest BCUT2D eigenvalue weighted by Crippen LogP contribution is 2.30. The molecule has 2 atom stereocenters. The molecule has 1 heterocycles. The number of phenols is 2. The van der Waals surface area contributed by atoms with Crippen LogP contribution in [0.1, 0.15) is 67.8 Å². The van der Waals surface area contributed by atoms with Crippen LogP contribution < -0.4 is 0 Å². The van der Waals surface area contributed by atoms with Gasteiger partial charge >= 0.3 is 5.97 Å². The lowest BCUT2D eigenvalue weighted by molar-refractivity contribution is -0.111. The molecule has 5 nitrogen and oxygen atoms in total. The summed E-state index contributed by atoms with van der Waals surface area (Å²) in [7, 11) is 0. The van der Waals surface area contributed by atoms with Gasteiger partial charge in [0.1, 0.15) is 23.3 Å². The number of cyclic esters (lactones) is 1. The van der Waals surface area contributed by atoms with Crippen LogP contribution in [-0.4, -0.2) is 28.6 Å². The summed E-state index contributed by atoms with van der Waals surface area (Å²) in [5, 5.41) is 19.8. The molecular weight excluding hydrogens is 308 g/mol. The monoisotopic (exact) mass is 334 g/mol. The van der Waals surface area contributed by atoms with Crippen molar-refractivity contribution in [2.75, 3.05) is 0 Å². The summed E-state index contributed by atoms with van der Waals surface area (Å²) in [6.45, 7) is 1.79. The fraction of sp³-hybridized carbons (Fsp3) is 0.579. The third-order valence-corrected chi connectivity index (χ3v) is 4.60. The number of phenolic OH excluding ortho intramolecular Hbond substituents is 2. The third-order valence-electron chi connectivity index (χ3n) is 4.60. The minimum Gasteiger partial charge on any atom is -0.508 e. The van der Waals surface area contributed by atoms with Crippen LogP contribution in [0, 0.1) is 5.92 Å². The Morgan fingerprint density at radius 1 is 1.08 bits per heavy atom. The molecule has 0 aromatic heterocycles. The lowest BCUT2D eigenvalue weighted by atomic mass is 9.94. The van der Waals surface area contributed by atoms with Crippen molar-refractivity contribution < 1.29 is 24.5 Å². The van der Waals surface area contributed by atoms with Gasteiger partial charge in [0.15, 0.2) is 0 Å². The van der Waals surface area contributed by atoms with Crippen LogP contribution in [0.25, 0.3) is 0 Å². The van der Waals surface area contributed by atoms with Gasteiger partial charge in [0, 0.05) is 12.0 Å². The van der Waals surface area contributed by atoms with Crippen LogP contribution >= 0.6 is 0 Å². The van der Waals surface area contributed by atoms with Crippen LogP contribution in [0.5, 0.6) is 11.5 Å². The Hall–Kier alpha value is -2.04. The van der Waals surface area contributed by atoms with E-state index in [0.717, 1.165) is 44.5 Å². The number of carbonyl (C=O) groups excluding carboxylic acids is 2. The maximum atomic E-state index is 12.4. The smallest absolute Gasteiger partial charge is 0.342 e. The molecule has 1 aliphatic rings. The van der Waals surface area contributed by atoms with E-state index >= 15 is 0 Å². The SMILES string of the molecule is CC1CCC(C=O)CCCCCCc2cc(O)cc(O)c2C(=O)O1. The second-order valence-electron chi connectivity index (χ2n) is 6.64. The van der Waals surface area contributed by atoms with Crippen molar-refractivity contribution in [3.8, 4) is 11.5 Å². The number of hydrogen-bond donors (Lipinski definition) is 2. The Bertz CT molecular complexity index is 581. The summed E-state index contributed by atoms with van der Waals surface area (Å²) in [4.78, 5) is 23.6. The van der Waals surface area contributed by atoms with Crippen LogP contribution in [-0.2, 0) is 16.0 Å². The molecule has 1 aliphatic heterocycles. The predicted octanol–water partition coefficient (Wildman–Crippen LogP) is 3.75. The van der Waals surface area contributed by atoms with E-state index < -0.39 is 5.97 Å². The van der Waals surface area contributed by atoms with E-state index in [2.05, 4.69) is 0 Å². The number of hydrogen-bond acceptors (Lipinski definition) is 5. The Morgan fingerprint density at radius 3 is 2.58 bits per heavy atom. The zero-order valence-corrected chi connectivity index (χ0v) is 14.2. The lowest BCUT2D eigenvalue weighted by Crippen LogP contribution is -2.18. The van der Waals surface area contributed by atoms with Crippen LogP contribution in [0.2, 0.25) is 0 Å². The highest BCUT2D eigenvalue weighted by Gasteiger charge is 2.22. The molecule has 0 radical (unpaired) electrons. The van der Waals surface area contributed by atoms with Gasteiger partial charge in [-0.3, -0.25) is 0 Å². The zero-order valence-electron chi connectivity index (χ0n) is 14.2. The number of esters is 1. The molecule has 0 saturated carbocycles. The Kier molecular flexibility index (Phi) is 6.64. The molecule has 2 unspecified atom stereocenters. The van der Waals surface area contributed by atoms with Gasteiger partial charge in [0.05, 0.1) is 6.10 Å². The molecule has 1 aromatic rings. The predicted molar refractivity (Wildman–Crippen MR) is 90.2 cm³/mol. The second kappa shape index (κ2) is 8.71. The summed E-state index contributed by atoms with van der Waals surface area (Å²) in [6.07, 6.45) is 7.33. The summed E-state index contributed by atoms with van der Waals surface area (Å²) < 4.78 is 5.44. The Morgan fingerprint density at radius 2 is 1.83 bits per heavy atom. The molecule has 0 bridgehead atoms. The number of carbonyl (C=O) groups is 2. The zero-order chi connectivity index (χ0) is 17.5. The lowest BCUT2D eigenvalue weighted by Gasteiger charge is -2.18. The summed E-state index contributed by atoms with van der Waals surface area (Å²) >= 11 is 0. The molecule has 0 aliphatic carbocycles. The first-order valence-electron chi connectivity index (χ1n) is 8.72. The van der Waals surface area contributed by atoms with E-state index in [1.54, 1.807) is 6.92 Å². The van der Waals surface area contributed by atoms with E-state index in [9.17, 15) is 19.8 Å². The third kappa shape index (κ3) is 4.98. The van der Waals surface area contributed by atoms with Gasteiger partial charge in [-0.25, -0.2) is 4.79 Å². The van der Waals surface area contributed by atoms with Gasteiger partial charge in [-0.15, -0.1) is 0 Å². The maximum Gasteiger partial charge on any atom is 0.342 e. The number of rotatable bonds is 1. The number of aryl methyl sites for hydroxylation is 1. The minimum atomic E-state index is -0.574. The molecule has 5 heteroatoms. The average molecular weight is 334 g/mol. The number of aldehydes is 1. The van der Waals surface area contributed by atoms with Crippen molar-refractivity contribution in [2.24, 2.45) is 5.92 Å². The topological polar surface area (TPSA) is 83.8 Å². The van der Waals surface area contributed by atoms with Crippen molar-refractivity contribution in [3.63, 3.8) is 0 Å².